The molecule has 98 valence electrons. The van der Waals surface area contributed by atoms with Gasteiger partial charge in [0.2, 0.25) is 0 Å². The lowest BCUT2D eigenvalue weighted by molar-refractivity contribution is 0.380. The maximum Gasteiger partial charge on any atom is 0.165 e. The van der Waals surface area contributed by atoms with Gasteiger partial charge in [-0.3, -0.25) is 0 Å². The van der Waals surface area contributed by atoms with Gasteiger partial charge in [-0.2, -0.15) is 5.26 Å². The zero-order valence-electron chi connectivity index (χ0n) is 10.7. The van der Waals surface area contributed by atoms with Gasteiger partial charge in [-0.1, -0.05) is 0 Å². The molecule has 0 spiro atoms. The van der Waals surface area contributed by atoms with E-state index in [1.54, 1.807) is 13.8 Å². The van der Waals surface area contributed by atoms with E-state index in [9.17, 15) is 8.78 Å². The number of ether oxygens (including phenoxy) is 1. The van der Waals surface area contributed by atoms with Crippen LogP contribution >= 0.6 is 0 Å². The fourth-order valence-corrected chi connectivity index (χ4v) is 1.41. The number of hydrogen-bond acceptors (Lipinski definition) is 3. The van der Waals surface area contributed by atoms with Gasteiger partial charge < -0.3 is 10.1 Å². The van der Waals surface area contributed by atoms with Crippen LogP contribution in [0.15, 0.2) is 12.1 Å². The van der Waals surface area contributed by atoms with Crippen LogP contribution in [0.4, 0.5) is 8.78 Å². The standard InChI is InChI=1S/C13H16F2N2O/c1-13(2,7-16)8-17-6-9-4-11(15)12(18-3)5-10(9)14/h4-5,17H,6,8H2,1-3H3. The van der Waals surface area contributed by atoms with Crippen LogP contribution in [0.3, 0.4) is 0 Å². The number of nitrogens with zero attached hydrogens (tertiary/aromatic N) is 1. The first kappa shape index (κ1) is 14.4. The van der Waals surface area contributed by atoms with Gasteiger partial charge in [0, 0.05) is 24.7 Å². The van der Waals surface area contributed by atoms with Gasteiger partial charge in [-0.05, 0) is 19.9 Å². The first-order valence-electron chi connectivity index (χ1n) is 5.53. The second-order valence-corrected chi connectivity index (χ2v) is 4.68. The molecular formula is C13H16F2N2O. The van der Waals surface area contributed by atoms with Gasteiger partial charge in [0.1, 0.15) is 5.82 Å². The molecule has 0 aliphatic carbocycles. The van der Waals surface area contributed by atoms with Crippen LogP contribution in [0.1, 0.15) is 19.4 Å². The second-order valence-electron chi connectivity index (χ2n) is 4.68. The van der Waals surface area contributed by atoms with Crippen LogP contribution in [0.5, 0.6) is 5.75 Å². The van der Waals surface area contributed by atoms with E-state index >= 15 is 0 Å². The van der Waals surface area contributed by atoms with Crippen molar-refractivity contribution in [1.29, 1.82) is 5.26 Å². The Bertz CT molecular complexity index is 467. The number of hydrogen-bond donors (Lipinski definition) is 1. The Hall–Kier alpha value is -1.67. The predicted octanol–water partition coefficient (Wildman–Crippen LogP) is 2.61. The zero-order valence-corrected chi connectivity index (χ0v) is 10.7. The quantitative estimate of drug-likeness (QED) is 0.878. The lowest BCUT2D eigenvalue weighted by Crippen LogP contribution is -2.28. The summed E-state index contributed by atoms with van der Waals surface area (Å²) < 4.78 is 31.6. The van der Waals surface area contributed by atoms with Crippen molar-refractivity contribution in [3.8, 4) is 11.8 Å². The van der Waals surface area contributed by atoms with Crippen molar-refractivity contribution in [3.63, 3.8) is 0 Å². The summed E-state index contributed by atoms with van der Waals surface area (Å²) in [5.41, 5.74) is -0.330. The highest BCUT2D eigenvalue weighted by Gasteiger charge is 2.16. The number of methoxy groups -OCH3 is 1. The lowest BCUT2D eigenvalue weighted by Gasteiger charge is -2.16. The molecule has 1 aromatic carbocycles. The first-order valence-corrected chi connectivity index (χ1v) is 5.53. The van der Waals surface area contributed by atoms with E-state index in [4.69, 9.17) is 5.26 Å². The molecule has 0 aliphatic rings. The molecule has 0 heterocycles. The highest BCUT2D eigenvalue weighted by molar-refractivity contribution is 5.30. The number of halogens is 2. The molecule has 0 aromatic heterocycles. The molecule has 5 heteroatoms. The molecule has 1 rings (SSSR count). The highest BCUT2D eigenvalue weighted by atomic mass is 19.1. The molecule has 0 amide bonds. The Morgan fingerprint density at radius 1 is 1.33 bits per heavy atom. The molecule has 0 aliphatic heterocycles. The molecule has 0 saturated heterocycles. The zero-order chi connectivity index (χ0) is 13.8. The second kappa shape index (κ2) is 5.78. The molecule has 0 atom stereocenters. The van der Waals surface area contributed by atoms with Crippen molar-refractivity contribution in [3.05, 3.63) is 29.3 Å². The smallest absolute Gasteiger partial charge is 0.165 e. The lowest BCUT2D eigenvalue weighted by atomic mass is 9.96. The van der Waals surface area contributed by atoms with Crippen LogP contribution in [0.2, 0.25) is 0 Å². The summed E-state index contributed by atoms with van der Waals surface area (Å²) >= 11 is 0. The fraction of sp³-hybridized carbons (Fsp3) is 0.462. The number of nitrogens with one attached hydrogen (secondary N) is 1. The molecule has 0 bridgehead atoms. The molecule has 0 radical (unpaired) electrons. The Kier molecular flexibility index (Phi) is 4.62. The summed E-state index contributed by atoms with van der Waals surface area (Å²) in [5, 5.41) is 11.7. The molecule has 0 fully saturated rings. The van der Waals surface area contributed by atoms with Gasteiger partial charge in [-0.25, -0.2) is 8.78 Å². The van der Waals surface area contributed by atoms with Crippen molar-refractivity contribution in [2.75, 3.05) is 13.7 Å². The summed E-state index contributed by atoms with van der Waals surface area (Å²) in [7, 11) is 1.28. The SMILES string of the molecule is COc1cc(F)c(CNCC(C)(C)C#N)cc1F. The minimum Gasteiger partial charge on any atom is -0.494 e. The van der Waals surface area contributed by atoms with E-state index < -0.39 is 17.0 Å². The van der Waals surface area contributed by atoms with Gasteiger partial charge in [-0.15, -0.1) is 0 Å². The van der Waals surface area contributed by atoms with Crippen molar-refractivity contribution >= 4 is 0 Å². The van der Waals surface area contributed by atoms with Gasteiger partial charge in [0.05, 0.1) is 18.6 Å². The predicted molar refractivity (Wildman–Crippen MR) is 64.0 cm³/mol. The van der Waals surface area contributed by atoms with Crippen LogP contribution in [-0.2, 0) is 6.54 Å². The Labute approximate surface area is 105 Å². The molecule has 3 nitrogen and oxygen atoms in total. The minimum atomic E-state index is -0.602. The summed E-state index contributed by atoms with van der Waals surface area (Å²) in [4.78, 5) is 0. The average Bonchev–Trinajstić information content (AvgIpc) is 2.33. The van der Waals surface area contributed by atoms with Crippen LogP contribution < -0.4 is 10.1 Å². The maximum absolute atomic E-state index is 13.6. The molecule has 1 aromatic rings. The number of nitriles is 1. The molecule has 0 unspecified atom stereocenters. The Balaban J connectivity index is 2.69. The highest BCUT2D eigenvalue weighted by Crippen LogP contribution is 2.21. The van der Waals surface area contributed by atoms with Gasteiger partial charge >= 0.3 is 0 Å². The third-order valence-electron chi connectivity index (χ3n) is 2.51. The molecule has 0 saturated carbocycles. The maximum atomic E-state index is 13.6. The Morgan fingerprint density at radius 2 is 2.00 bits per heavy atom. The van der Waals surface area contributed by atoms with Gasteiger partial charge in [0.25, 0.3) is 0 Å². The summed E-state index contributed by atoms with van der Waals surface area (Å²) in [6, 6.07) is 4.23. The number of benzene rings is 1. The van der Waals surface area contributed by atoms with E-state index in [1.807, 2.05) is 0 Å². The van der Waals surface area contributed by atoms with Crippen molar-refractivity contribution < 1.29 is 13.5 Å². The van der Waals surface area contributed by atoms with Crippen LogP contribution in [-0.4, -0.2) is 13.7 Å². The third kappa shape index (κ3) is 3.67. The van der Waals surface area contributed by atoms with Crippen molar-refractivity contribution in [2.24, 2.45) is 5.41 Å². The fourth-order valence-electron chi connectivity index (χ4n) is 1.41. The molecular weight excluding hydrogens is 238 g/mol. The van der Waals surface area contributed by atoms with Crippen LogP contribution in [0.25, 0.3) is 0 Å². The summed E-state index contributed by atoms with van der Waals surface area (Å²) in [5.74, 6) is -1.25. The third-order valence-corrected chi connectivity index (χ3v) is 2.51. The molecule has 18 heavy (non-hydrogen) atoms. The normalized spacial score (nSPS) is 11.1. The summed E-state index contributed by atoms with van der Waals surface area (Å²) in [6.45, 7) is 4.10. The molecule has 1 N–H and O–H groups in total. The van der Waals surface area contributed by atoms with Crippen molar-refractivity contribution in [1.82, 2.24) is 5.32 Å². The monoisotopic (exact) mass is 254 g/mol. The van der Waals surface area contributed by atoms with E-state index in [2.05, 4.69) is 16.1 Å². The average molecular weight is 254 g/mol. The summed E-state index contributed by atoms with van der Waals surface area (Å²) in [6.07, 6.45) is 0. The topological polar surface area (TPSA) is 45.0 Å². The van der Waals surface area contributed by atoms with Crippen LogP contribution in [0, 0.1) is 28.4 Å². The van der Waals surface area contributed by atoms with E-state index in [1.165, 1.54) is 7.11 Å². The number of rotatable bonds is 5. The van der Waals surface area contributed by atoms with E-state index in [0.29, 0.717) is 6.54 Å². The van der Waals surface area contributed by atoms with E-state index in [0.717, 1.165) is 12.1 Å². The van der Waals surface area contributed by atoms with Crippen molar-refractivity contribution in [2.45, 2.75) is 20.4 Å². The van der Waals surface area contributed by atoms with E-state index in [-0.39, 0.29) is 17.9 Å². The van der Waals surface area contributed by atoms with Gasteiger partial charge in [0.15, 0.2) is 11.6 Å². The largest absolute Gasteiger partial charge is 0.494 e. The minimum absolute atomic E-state index is 0.117. The first-order chi connectivity index (χ1) is 8.39. The Morgan fingerprint density at radius 3 is 2.56 bits per heavy atom.